The number of carbonyl (C=O) groups is 1. The maximum atomic E-state index is 10.7. The Labute approximate surface area is 76.7 Å². The number of anilines is 1. The third-order valence-corrected chi connectivity index (χ3v) is 1.61. The second-order valence-corrected chi connectivity index (χ2v) is 2.36. The first kappa shape index (κ1) is 9.54. The molecule has 0 unspecified atom stereocenters. The molecule has 1 aromatic carbocycles. The minimum Gasteiger partial charge on any atom is -0.444 e. The molecule has 0 aliphatic carbocycles. The molecular formula is C9H12N2O2. The van der Waals surface area contributed by atoms with Gasteiger partial charge in [-0.15, -0.1) is 0 Å². The van der Waals surface area contributed by atoms with Gasteiger partial charge in [0.25, 0.3) is 0 Å². The summed E-state index contributed by atoms with van der Waals surface area (Å²) in [6, 6.07) is 7.58. The van der Waals surface area contributed by atoms with Crippen LogP contribution in [0.4, 0.5) is 10.5 Å². The average Bonchev–Trinajstić information content (AvgIpc) is 2.21. The molecular weight excluding hydrogens is 168 g/mol. The zero-order chi connectivity index (χ0) is 9.68. The van der Waals surface area contributed by atoms with Crippen molar-refractivity contribution in [1.29, 1.82) is 0 Å². The van der Waals surface area contributed by atoms with Gasteiger partial charge in [-0.05, 0) is 13.1 Å². The van der Waals surface area contributed by atoms with Crippen LogP contribution in [0.5, 0.6) is 0 Å². The Morgan fingerprint density at radius 3 is 2.85 bits per heavy atom. The molecule has 0 saturated carbocycles. The number of nitrogens with two attached hydrogens (primary N) is 1. The van der Waals surface area contributed by atoms with Crippen molar-refractivity contribution in [3.8, 4) is 0 Å². The van der Waals surface area contributed by atoms with Crippen LogP contribution in [0.1, 0.15) is 5.56 Å². The molecule has 1 heterocycles. The largest absolute Gasteiger partial charge is 0.444 e. The predicted octanol–water partition coefficient (Wildman–Crippen LogP) is 1.32. The third-order valence-electron chi connectivity index (χ3n) is 1.61. The van der Waals surface area contributed by atoms with Crippen LogP contribution < -0.4 is 11.1 Å². The fourth-order valence-corrected chi connectivity index (χ4v) is 1.06. The number of rotatable bonds is 0. The summed E-state index contributed by atoms with van der Waals surface area (Å²) >= 11 is 0. The van der Waals surface area contributed by atoms with E-state index in [9.17, 15) is 4.79 Å². The normalized spacial score (nSPS) is 12.9. The maximum Gasteiger partial charge on any atom is 0.411 e. The molecule has 0 atom stereocenters. The van der Waals surface area contributed by atoms with E-state index in [4.69, 9.17) is 4.74 Å². The number of cyclic esters (lactones) is 1. The molecule has 0 bridgehead atoms. The number of amides is 1. The van der Waals surface area contributed by atoms with E-state index < -0.39 is 0 Å². The summed E-state index contributed by atoms with van der Waals surface area (Å²) in [4.78, 5) is 10.7. The highest BCUT2D eigenvalue weighted by Gasteiger charge is 2.13. The summed E-state index contributed by atoms with van der Waals surface area (Å²) in [6.45, 7) is 0.377. The van der Waals surface area contributed by atoms with Crippen molar-refractivity contribution in [3.05, 3.63) is 29.8 Å². The van der Waals surface area contributed by atoms with E-state index in [0.717, 1.165) is 11.3 Å². The van der Waals surface area contributed by atoms with Gasteiger partial charge in [-0.25, -0.2) is 4.79 Å². The van der Waals surface area contributed by atoms with Crippen molar-refractivity contribution in [2.45, 2.75) is 6.61 Å². The molecule has 1 aliphatic heterocycles. The van der Waals surface area contributed by atoms with E-state index in [1.54, 1.807) is 0 Å². The predicted molar refractivity (Wildman–Crippen MR) is 50.4 cm³/mol. The lowest BCUT2D eigenvalue weighted by molar-refractivity contribution is 0.151. The van der Waals surface area contributed by atoms with Gasteiger partial charge in [0.15, 0.2) is 0 Å². The van der Waals surface area contributed by atoms with Crippen molar-refractivity contribution in [1.82, 2.24) is 0 Å². The molecule has 1 aliphatic rings. The van der Waals surface area contributed by atoms with Crippen LogP contribution in [0.2, 0.25) is 0 Å². The quantitative estimate of drug-likeness (QED) is 0.633. The molecule has 0 spiro atoms. The second-order valence-electron chi connectivity index (χ2n) is 2.36. The van der Waals surface area contributed by atoms with Gasteiger partial charge >= 0.3 is 6.09 Å². The minimum atomic E-state index is -0.372. The first-order valence-electron chi connectivity index (χ1n) is 3.96. The summed E-state index contributed by atoms with van der Waals surface area (Å²) < 4.78 is 4.75. The maximum absolute atomic E-state index is 10.7. The van der Waals surface area contributed by atoms with E-state index in [1.165, 1.54) is 7.05 Å². The second kappa shape index (κ2) is 4.47. The van der Waals surface area contributed by atoms with E-state index in [0.29, 0.717) is 6.61 Å². The van der Waals surface area contributed by atoms with Gasteiger partial charge in [-0.3, -0.25) is 5.32 Å². The summed E-state index contributed by atoms with van der Waals surface area (Å²) in [5.74, 6) is 0. The van der Waals surface area contributed by atoms with Gasteiger partial charge < -0.3 is 10.5 Å². The lowest BCUT2D eigenvalue weighted by Gasteiger charge is -2.16. The van der Waals surface area contributed by atoms with Crippen molar-refractivity contribution in [3.63, 3.8) is 0 Å². The summed E-state index contributed by atoms with van der Waals surface area (Å²) in [5.41, 5.74) is 6.37. The van der Waals surface area contributed by atoms with Crippen molar-refractivity contribution >= 4 is 11.8 Å². The standard InChI is InChI=1S/C8H7NO2.CH5N/c10-8-9-7-4-2-1-3-6(7)5-11-8;1-2/h1-4H,5H2,(H,9,10);2H2,1H3. The lowest BCUT2D eigenvalue weighted by atomic mass is 10.2. The zero-order valence-electron chi connectivity index (χ0n) is 7.41. The molecule has 3 N–H and O–H groups in total. The van der Waals surface area contributed by atoms with Crippen molar-refractivity contribution < 1.29 is 9.53 Å². The van der Waals surface area contributed by atoms with E-state index in [-0.39, 0.29) is 6.09 Å². The van der Waals surface area contributed by atoms with Gasteiger partial charge in [-0.1, -0.05) is 18.2 Å². The highest BCUT2D eigenvalue weighted by molar-refractivity contribution is 5.87. The van der Waals surface area contributed by atoms with Gasteiger partial charge in [0, 0.05) is 5.56 Å². The SMILES string of the molecule is CN.O=C1Nc2ccccc2CO1. The molecule has 0 saturated heterocycles. The first-order valence-corrected chi connectivity index (χ1v) is 3.96. The minimum absolute atomic E-state index is 0.372. The Kier molecular flexibility index (Phi) is 3.28. The first-order chi connectivity index (χ1) is 6.36. The van der Waals surface area contributed by atoms with E-state index >= 15 is 0 Å². The van der Waals surface area contributed by atoms with Gasteiger partial charge in [0.05, 0.1) is 5.69 Å². The smallest absolute Gasteiger partial charge is 0.411 e. The van der Waals surface area contributed by atoms with Crippen molar-refractivity contribution in [2.24, 2.45) is 5.73 Å². The molecule has 1 amide bonds. The fourth-order valence-electron chi connectivity index (χ4n) is 1.06. The number of hydrogen-bond acceptors (Lipinski definition) is 3. The highest BCUT2D eigenvalue weighted by atomic mass is 16.5. The summed E-state index contributed by atoms with van der Waals surface area (Å²) in [7, 11) is 1.50. The molecule has 0 fully saturated rings. The van der Waals surface area contributed by atoms with Crippen LogP contribution >= 0.6 is 0 Å². The third kappa shape index (κ3) is 2.19. The Balaban J connectivity index is 0.000000396. The Morgan fingerprint density at radius 1 is 1.38 bits per heavy atom. The molecule has 1 aromatic rings. The topological polar surface area (TPSA) is 64.4 Å². The number of benzene rings is 1. The number of fused-ring (bicyclic) bond motifs is 1. The Bertz CT molecular complexity index is 299. The van der Waals surface area contributed by atoms with Crippen molar-refractivity contribution in [2.75, 3.05) is 12.4 Å². The van der Waals surface area contributed by atoms with Crippen LogP contribution in [-0.4, -0.2) is 13.1 Å². The number of hydrogen-bond donors (Lipinski definition) is 2. The monoisotopic (exact) mass is 180 g/mol. The molecule has 0 radical (unpaired) electrons. The summed E-state index contributed by atoms with van der Waals surface area (Å²) in [5, 5.41) is 2.60. The number of carbonyl (C=O) groups excluding carboxylic acids is 1. The lowest BCUT2D eigenvalue weighted by Crippen LogP contribution is -2.19. The molecule has 2 rings (SSSR count). The number of ether oxygens (including phenoxy) is 1. The van der Waals surface area contributed by atoms with Crippen LogP contribution in [0.15, 0.2) is 24.3 Å². The molecule has 13 heavy (non-hydrogen) atoms. The van der Waals surface area contributed by atoms with Gasteiger partial charge in [0.1, 0.15) is 6.61 Å². The average molecular weight is 180 g/mol. The molecule has 70 valence electrons. The molecule has 0 aromatic heterocycles. The highest BCUT2D eigenvalue weighted by Crippen LogP contribution is 2.19. The van der Waals surface area contributed by atoms with E-state index in [2.05, 4.69) is 11.1 Å². The summed E-state index contributed by atoms with van der Waals surface area (Å²) in [6.07, 6.45) is -0.372. The molecule has 4 heteroatoms. The van der Waals surface area contributed by atoms with Crippen LogP contribution in [0.25, 0.3) is 0 Å². The Morgan fingerprint density at radius 2 is 2.08 bits per heavy atom. The Hall–Kier alpha value is -1.55. The molecule has 4 nitrogen and oxygen atoms in total. The van der Waals surface area contributed by atoms with Gasteiger partial charge in [0.2, 0.25) is 0 Å². The van der Waals surface area contributed by atoms with Crippen LogP contribution in [-0.2, 0) is 11.3 Å². The number of nitrogens with one attached hydrogen (secondary N) is 1. The van der Waals surface area contributed by atoms with Crippen LogP contribution in [0, 0.1) is 0 Å². The van der Waals surface area contributed by atoms with Gasteiger partial charge in [-0.2, -0.15) is 0 Å². The zero-order valence-corrected chi connectivity index (χ0v) is 7.41. The fraction of sp³-hybridized carbons (Fsp3) is 0.222. The number of para-hydroxylation sites is 1. The van der Waals surface area contributed by atoms with E-state index in [1.807, 2.05) is 24.3 Å². The van der Waals surface area contributed by atoms with Crippen LogP contribution in [0.3, 0.4) is 0 Å².